The molecule has 96 valence electrons. The SMILES string of the molecule is CC(=O)OC1CC(O)C(CC(=O)O)C1C(=O)O. The van der Waals surface area contributed by atoms with Crippen molar-refractivity contribution in [1.82, 2.24) is 0 Å². The fraction of sp³-hybridized carbons (Fsp3) is 0.700. The highest BCUT2D eigenvalue weighted by molar-refractivity contribution is 5.75. The number of aliphatic hydroxyl groups is 1. The lowest BCUT2D eigenvalue weighted by molar-refractivity contribution is -0.156. The minimum Gasteiger partial charge on any atom is -0.481 e. The van der Waals surface area contributed by atoms with Crippen LogP contribution in [0.4, 0.5) is 0 Å². The van der Waals surface area contributed by atoms with Gasteiger partial charge in [0.15, 0.2) is 0 Å². The van der Waals surface area contributed by atoms with E-state index in [9.17, 15) is 19.5 Å². The summed E-state index contributed by atoms with van der Waals surface area (Å²) in [6, 6.07) is 0. The van der Waals surface area contributed by atoms with Gasteiger partial charge in [-0.1, -0.05) is 0 Å². The third kappa shape index (κ3) is 3.16. The molecule has 0 bridgehead atoms. The van der Waals surface area contributed by atoms with Crippen molar-refractivity contribution in [1.29, 1.82) is 0 Å². The van der Waals surface area contributed by atoms with E-state index in [2.05, 4.69) is 0 Å². The molecule has 1 saturated carbocycles. The Bertz CT molecular complexity index is 338. The van der Waals surface area contributed by atoms with E-state index in [0.717, 1.165) is 6.92 Å². The van der Waals surface area contributed by atoms with Gasteiger partial charge in [0.25, 0.3) is 0 Å². The van der Waals surface area contributed by atoms with Crippen molar-refractivity contribution < 1.29 is 34.4 Å². The molecule has 0 aliphatic heterocycles. The zero-order valence-electron chi connectivity index (χ0n) is 9.20. The second kappa shape index (κ2) is 5.13. The number of carboxylic acids is 2. The molecule has 1 rings (SSSR count). The van der Waals surface area contributed by atoms with Crippen LogP contribution in [-0.2, 0) is 19.1 Å². The van der Waals surface area contributed by atoms with Gasteiger partial charge in [0.1, 0.15) is 6.10 Å². The smallest absolute Gasteiger partial charge is 0.310 e. The molecule has 7 nitrogen and oxygen atoms in total. The Morgan fingerprint density at radius 1 is 1.29 bits per heavy atom. The van der Waals surface area contributed by atoms with Crippen molar-refractivity contribution in [2.45, 2.75) is 32.0 Å². The molecule has 0 heterocycles. The Morgan fingerprint density at radius 3 is 2.29 bits per heavy atom. The predicted molar refractivity (Wildman–Crippen MR) is 53.0 cm³/mol. The predicted octanol–water partition coefficient (Wildman–Crippen LogP) is -0.526. The van der Waals surface area contributed by atoms with Gasteiger partial charge in [0, 0.05) is 19.3 Å². The Balaban J connectivity index is 2.86. The summed E-state index contributed by atoms with van der Waals surface area (Å²) < 4.78 is 4.79. The molecule has 1 aliphatic carbocycles. The first kappa shape index (κ1) is 13.4. The summed E-state index contributed by atoms with van der Waals surface area (Å²) in [5.74, 6) is -5.22. The van der Waals surface area contributed by atoms with E-state index in [0.29, 0.717) is 0 Å². The van der Waals surface area contributed by atoms with Gasteiger partial charge in [0.2, 0.25) is 0 Å². The summed E-state index contributed by atoms with van der Waals surface area (Å²) in [5.41, 5.74) is 0. The summed E-state index contributed by atoms with van der Waals surface area (Å²) in [6.45, 7) is 1.13. The molecule has 4 unspecified atom stereocenters. The monoisotopic (exact) mass is 246 g/mol. The Labute approximate surface area is 97.0 Å². The maximum absolute atomic E-state index is 11.0. The zero-order chi connectivity index (χ0) is 13.2. The second-order valence-electron chi connectivity index (χ2n) is 4.08. The first-order valence-corrected chi connectivity index (χ1v) is 5.12. The minimum atomic E-state index is -1.26. The number of hydrogen-bond acceptors (Lipinski definition) is 5. The lowest BCUT2D eigenvalue weighted by Crippen LogP contribution is -2.33. The van der Waals surface area contributed by atoms with E-state index in [4.69, 9.17) is 14.9 Å². The summed E-state index contributed by atoms with van der Waals surface area (Å²) >= 11 is 0. The van der Waals surface area contributed by atoms with Crippen molar-refractivity contribution >= 4 is 17.9 Å². The molecule has 17 heavy (non-hydrogen) atoms. The van der Waals surface area contributed by atoms with Crippen LogP contribution < -0.4 is 0 Å². The van der Waals surface area contributed by atoms with E-state index in [-0.39, 0.29) is 6.42 Å². The lowest BCUT2D eigenvalue weighted by Gasteiger charge is -2.19. The number of carbonyl (C=O) groups is 3. The van der Waals surface area contributed by atoms with Crippen molar-refractivity contribution in [3.8, 4) is 0 Å². The van der Waals surface area contributed by atoms with Gasteiger partial charge in [-0.3, -0.25) is 14.4 Å². The zero-order valence-corrected chi connectivity index (χ0v) is 9.20. The first-order chi connectivity index (χ1) is 7.82. The van der Waals surface area contributed by atoms with Crippen LogP contribution >= 0.6 is 0 Å². The minimum absolute atomic E-state index is 0.0471. The van der Waals surface area contributed by atoms with Gasteiger partial charge in [-0.15, -0.1) is 0 Å². The molecule has 0 aromatic rings. The molecule has 0 aromatic carbocycles. The normalized spacial score (nSPS) is 32.1. The highest BCUT2D eigenvalue weighted by Crippen LogP contribution is 2.37. The van der Waals surface area contributed by atoms with Gasteiger partial charge < -0.3 is 20.1 Å². The molecule has 0 saturated heterocycles. The van der Waals surface area contributed by atoms with E-state index in [1.165, 1.54) is 0 Å². The van der Waals surface area contributed by atoms with E-state index in [1.54, 1.807) is 0 Å². The molecule has 0 amide bonds. The standard InChI is InChI=1S/C10H14O7/c1-4(11)17-7-3-6(12)5(2-8(13)14)9(7)10(15)16/h5-7,9,12H,2-3H2,1H3,(H,13,14)(H,15,16). The third-order valence-corrected chi connectivity index (χ3v) is 2.84. The number of ether oxygens (including phenoxy) is 1. The van der Waals surface area contributed by atoms with Crippen molar-refractivity contribution in [3.05, 3.63) is 0 Å². The number of rotatable bonds is 4. The van der Waals surface area contributed by atoms with Crippen LogP contribution in [0.5, 0.6) is 0 Å². The molecular weight excluding hydrogens is 232 g/mol. The van der Waals surface area contributed by atoms with E-state index in [1.807, 2.05) is 0 Å². The van der Waals surface area contributed by atoms with Gasteiger partial charge in [-0.05, 0) is 0 Å². The van der Waals surface area contributed by atoms with Gasteiger partial charge in [-0.25, -0.2) is 0 Å². The average molecular weight is 246 g/mol. The van der Waals surface area contributed by atoms with Crippen LogP contribution in [0, 0.1) is 11.8 Å². The highest BCUT2D eigenvalue weighted by atomic mass is 16.5. The van der Waals surface area contributed by atoms with Crippen LogP contribution in [0.15, 0.2) is 0 Å². The van der Waals surface area contributed by atoms with Crippen molar-refractivity contribution in [2.24, 2.45) is 11.8 Å². The summed E-state index contributed by atoms with van der Waals surface area (Å²) in [7, 11) is 0. The molecule has 0 radical (unpaired) electrons. The molecular formula is C10H14O7. The summed E-state index contributed by atoms with van der Waals surface area (Å²) in [6.07, 6.45) is -2.56. The Hall–Kier alpha value is -1.63. The molecule has 1 aliphatic rings. The van der Waals surface area contributed by atoms with Crippen LogP contribution in [0.25, 0.3) is 0 Å². The van der Waals surface area contributed by atoms with E-state index >= 15 is 0 Å². The molecule has 7 heteroatoms. The Morgan fingerprint density at radius 2 is 1.88 bits per heavy atom. The fourth-order valence-corrected chi connectivity index (χ4v) is 2.22. The van der Waals surface area contributed by atoms with Gasteiger partial charge >= 0.3 is 17.9 Å². The number of aliphatic hydroxyl groups excluding tert-OH is 1. The highest BCUT2D eigenvalue weighted by Gasteiger charge is 2.49. The molecule has 0 spiro atoms. The molecule has 1 fully saturated rings. The number of aliphatic carboxylic acids is 2. The second-order valence-corrected chi connectivity index (χ2v) is 4.08. The molecule has 3 N–H and O–H groups in total. The van der Waals surface area contributed by atoms with Crippen LogP contribution in [-0.4, -0.2) is 45.4 Å². The van der Waals surface area contributed by atoms with E-state index < -0.39 is 48.4 Å². The largest absolute Gasteiger partial charge is 0.481 e. The Kier molecular flexibility index (Phi) is 4.06. The number of hydrogen-bond donors (Lipinski definition) is 3. The van der Waals surface area contributed by atoms with Gasteiger partial charge in [0.05, 0.1) is 18.4 Å². The number of carboxylic acid groups (broad SMARTS) is 2. The van der Waals surface area contributed by atoms with Crippen LogP contribution in [0.3, 0.4) is 0 Å². The van der Waals surface area contributed by atoms with Crippen LogP contribution in [0.1, 0.15) is 19.8 Å². The number of carbonyl (C=O) groups excluding carboxylic acids is 1. The summed E-state index contributed by atoms with van der Waals surface area (Å²) in [4.78, 5) is 32.4. The topological polar surface area (TPSA) is 121 Å². The number of esters is 1. The summed E-state index contributed by atoms with van der Waals surface area (Å²) in [5, 5.41) is 27.3. The lowest BCUT2D eigenvalue weighted by atomic mass is 9.91. The third-order valence-electron chi connectivity index (χ3n) is 2.84. The van der Waals surface area contributed by atoms with Crippen molar-refractivity contribution in [3.63, 3.8) is 0 Å². The van der Waals surface area contributed by atoms with Crippen molar-refractivity contribution in [2.75, 3.05) is 0 Å². The average Bonchev–Trinajstić information content (AvgIpc) is 2.40. The fourth-order valence-electron chi connectivity index (χ4n) is 2.22. The maximum Gasteiger partial charge on any atom is 0.310 e. The molecule has 4 atom stereocenters. The van der Waals surface area contributed by atoms with Gasteiger partial charge in [-0.2, -0.15) is 0 Å². The maximum atomic E-state index is 11.0. The van der Waals surface area contributed by atoms with Crippen LogP contribution in [0.2, 0.25) is 0 Å². The first-order valence-electron chi connectivity index (χ1n) is 5.12. The quantitative estimate of drug-likeness (QED) is 0.570. The molecule has 0 aromatic heterocycles.